The van der Waals surface area contributed by atoms with Crippen molar-refractivity contribution in [3.63, 3.8) is 0 Å². The Bertz CT molecular complexity index is 269. The molecule has 2 amide bonds. The highest BCUT2D eigenvalue weighted by atomic mass is 16.3. The van der Waals surface area contributed by atoms with Crippen LogP contribution >= 0.6 is 0 Å². The number of urea groups is 1. The molecule has 0 aromatic rings. The Kier molecular flexibility index (Phi) is 4.87. The Balaban J connectivity index is 1.77. The van der Waals surface area contributed by atoms with Gasteiger partial charge in [0, 0.05) is 19.1 Å². The van der Waals surface area contributed by atoms with Crippen molar-refractivity contribution in [3.05, 3.63) is 0 Å². The second-order valence-corrected chi connectivity index (χ2v) is 5.86. The third-order valence-electron chi connectivity index (χ3n) is 4.47. The van der Waals surface area contributed by atoms with Crippen LogP contribution in [0.25, 0.3) is 0 Å². The van der Waals surface area contributed by atoms with Crippen LogP contribution in [0.5, 0.6) is 0 Å². The molecular weight excluding hydrogens is 228 g/mol. The van der Waals surface area contributed by atoms with Crippen LogP contribution in [0.2, 0.25) is 0 Å². The molecule has 2 N–H and O–H groups in total. The number of carbonyl (C=O) groups is 1. The summed E-state index contributed by atoms with van der Waals surface area (Å²) >= 11 is 0. The summed E-state index contributed by atoms with van der Waals surface area (Å²) in [6.45, 7) is 0. The largest absolute Gasteiger partial charge is 0.393 e. The molecule has 2 aliphatic carbocycles. The fourth-order valence-corrected chi connectivity index (χ4v) is 3.13. The van der Waals surface area contributed by atoms with E-state index in [1.54, 1.807) is 0 Å². The van der Waals surface area contributed by atoms with Gasteiger partial charge in [-0.15, -0.1) is 0 Å². The minimum atomic E-state index is -0.156. The SMILES string of the molecule is CN(C(=O)NC1CCCCC1)C1CCC(O)CC1. The maximum absolute atomic E-state index is 12.1. The summed E-state index contributed by atoms with van der Waals surface area (Å²) in [6, 6.07) is 0.753. The molecule has 4 nitrogen and oxygen atoms in total. The normalized spacial score (nSPS) is 29.9. The number of hydrogen-bond acceptors (Lipinski definition) is 2. The van der Waals surface area contributed by atoms with Crippen molar-refractivity contribution < 1.29 is 9.90 Å². The standard InChI is InChI=1S/C14H26N2O2/c1-16(12-7-9-13(17)10-8-12)14(18)15-11-5-3-2-4-6-11/h11-13,17H,2-10H2,1H3,(H,15,18). The van der Waals surface area contributed by atoms with Gasteiger partial charge in [0.25, 0.3) is 0 Å². The number of aliphatic hydroxyl groups is 1. The third kappa shape index (κ3) is 3.61. The first-order valence-corrected chi connectivity index (χ1v) is 7.38. The first kappa shape index (κ1) is 13.7. The molecule has 4 heteroatoms. The van der Waals surface area contributed by atoms with Gasteiger partial charge in [-0.1, -0.05) is 19.3 Å². The maximum Gasteiger partial charge on any atom is 0.317 e. The number of nitrogens with one attached hydrogen (secondary N) is 1. The van der Waals surface area contributed by atoms with Crippen molar-refractivity contribution in [2.24, 2.45) is 0 Å². The lowest BCUT2D eigenvalue weighted by Gasteiger charge is -2.34. The second-order valence-electron chi connectivity index (χ2n) is 5.86. The minimum Gasteiger partial charge on any atom is -0.393 e. The summed E-state index contributed by atoms with van der Waals surface area (Å²) in [4.78, 5) is 14.0. The van der Waals surface area contributed by atoms with Crippen molar-refractivity contribution in [1.29, 1.82) is 0 Å². The van der Waals surface area contributed by atoms with Crippen LogP contribution in [0.15, 0.2) is 0 Å². The fourth-order valence-electron chi connectivity index (χ4n) is 3.13. The molecule has 2 saturated carbocycles. The van der Waals surface area contributed by atoms with E-state index in [0.717, 1.165) is 38.5 Å². The smallest absolute Gasteiger partial charge is 0.317 e. The van der Waals surface area contributed by atoms with Gasteiger partial charge in [0.05, 0.1) is 6.10 Å². The molecule has 104 valence electrons. The Morgan fingerprint density at radius 2 is 1.67 bits per heavy atom. The Labute approximate surface area is 110 Å². The average molecular weight is 254 g/mol. The van der Waals surface area contributed by atoms with Gasteiger partial charge in [-0.05, 0) is 38.5 Å². The number of hydrogen-bond donors (Lipinski definition) is 2. The van der Waals surface area contributed by atoms with Crippen LogP contribution in [-0.4, -0.2) is 41.3 Å². The molecule has 2 fully saturated rings. The van der Waals surface area contributed by atoms with Gasteiger partial charge in [-0.2, -0.15) is 0 Å². The minimum absolute atomic E-state index is 0.0725. The highest BCUT2D eigenvalue weighted by Crippen LogP contribution is 2.23. The van der Waals surface area contributed by atoms with Crippen molar-refractivity contribution in [2.45, 2.75) is 76.0 Å². The zero-order valence-electron chi connectivity index (χ0n) is 11.4. The highest BCUT2D eigenvalue weighted by Gasteiger charge is 2.26. The lowest BCUT2D eigenvalue weighted by molar-refractivity contribution is 0.0908. The fraction of sp³-hybridized carbons (Fsp3) is 0.929. The van der Waals surface area contributed by atoms with E-state index in [4.69, 9.17) is 0 Å². The van der Waals surface area contributed by atoms with Gasteiger partial charge in [0.2, 0.25) is 0 Å². The van der Waals surface area contributed by atoms with Crippen LogP contribution < -0.4 is 5.32 Å². The third-order valence-corrected chi connectivity index (χ3v) is 4.47. The van der Waals surface area contributed by atoms with E-state index >= 15 is 0 Å². The van der Waals surface area contributed by atoms with Crippen molar-refractivity contribution in [3.8, 4) is 0 Å². The topological polar surface area (TPSA) is 52.6 Å². The van der Waals surface area contributed by atoms with Crippen LogP contribution in [0.1, 0.15) is 57.8 Å². The van der Waals surface area contributed by atoms with E-state index < -0.39 is 0 Å². The summed E-state index contributed by atoms with van der Waals surface area (Å²) in [6.07, 6.45) is 9.39. The molecule has 2 rings (SSSR count). The van der Waals surface area contributed by atoms with E-state index in [0.29, 0.717) is 12.1 Å². The summed E-state index contributed by atoms with van der Waals surface area (Å²) < 4.78 is 0. The predicted octanol–water partition coefficient (Wildman–Crippen LogP) is 2.26. The first-order valence-electron chi connectivity index (χ1n) is 7.38. The predicted molar refractivity (Wildman–Crippen MR) is 71.4 cm³/mol. The van der Waals surface area contributed by atoms with Gasteiger partial charge in [0.1, 0.15) is 0 Å². The zero-order valence-corrected chi connectivity index (χ0v) is 11.4. The molecule has 0 aromatic heterocycles. The number of rotatable bonds is 2. The number of carbonyl (C=O) groups excluding carboxylic acids is 1. The number of nitrogens with zero attached hydrogens (tertiary/aromatic N) is 1. The summed E-state index contributed by atoms with van der Waals surface area (Å²) in [5.74, 6) is 0. The van der Waals surface area contributed by atoms with E-state index in [-0.39, 0.29) is 12.1 Å². The molecular formula is C14H26N2O2. The Morgan fingerprint density at radius 3 is 2.28 bits per heavy atom. The van der Waals surface area contributed by atoms with Crippen molar-refractivity contribution >= 4 is 6.03 Å². The summed E-state index contributed by atoms with van der Waals surface area (Å²) in [5.41, 5.74) is 0. The molecule has 0 spiro atoms. The van der Waals surface area contributed by atoms with Crippen LogP contribution in [-0.2, 0) is 0 Å². The average Bonchev–Trinajstić information content (AvgIpc) is 2.40. The number of amides is 2. The van der Waals surface area contributed by atoms with Gasteiger partial charge in [-0.25, -0.2) is 4.79 Å². The highest BCUT2D eigenvalue weighted by molar-refractivity contribution is 5.74. The van der Waals surface area contributed by atoms with Crippen LogP contribution in [0.4, 0.5) is 4.79 Å². The quantitative estimate of drug-likeness (QED) is 0.794. The maximum atomic E-state index is 12.1. The Hall–Kier alpha value is -0.770. The monoisotopic (exact) mass is 254 g/mol. The lowest BCUT2D eigenvalue weighted by atomic mass is 9.92. The van der Waals surface area contributed by atoms with Gasteiger partial charge >= 0.3 is 6.03 Å². The molecule has 0 bridgehead atoms. The molecule has 0 saturated heterocycles. The lowest BCUT2D eigenvalue weighted by Crippen LogP contribution is -2.48. The molecule has 0 atom stereocenters. The van der Waals surface area contributed by atoms with Crippen molar-refractivity contribution in [1.82, 2.24) is 10.2 Å². The Morgan fingerprint density at radius 1 is 1.06 bits per heavy atom. The molecule has 2 aliphatic rings. The second kappa shape index (κ2) is 6.41. The molecule has 0 aromatic carbocycles. The molecule has 0 unspecified atom stereocenters. The van der Waals surface area contributed by atoms with E-state index in [1.807, 2.05) is 11.9 Å². The van der Waals surface area contributed by atoms with Crippen molar-refractivity contribution in [2.75, 3.05) is 7.05 Å². The van der Waals surface area contributed by atoms with Gasteiger partial charge in [0.15, 0.2) is 0 Å². The summed E-state index contributed by atoms with van der Waals surface area (Å²) in [5, 5.41) is 12.6. The molecule has 0 heterocycles. The van der Waals surface area contributed by atoms with E-state index in [1.165, 1.54) is 19.3 Å². The van der Waals surface area contributed by atoms with Gasteiger partial charge < -0.3 is 15.3 Å². The molecule has 0 radical (unpaired) electrons. The zero-order chi connectivity index (χ0) is 13.0. The van der Waals surface area contributed by atoms with E-state index in [2.05, 4.69) is 5.32 Å². The summed E-state index contributed by atoms with van der Waals surface area (Å²) in [7, 11) is 1.89. The first-order chi connectivity index (χ1) is 8.66. The molecule has 0 aliphatic heterocycles. The number of aliphatic hydroxyl groups excluding tert-OH is 1. The van der Waals surface area contributed by atoms with Crippen LogP contribution in [0, 0.1) is 0 Å². The van der Waals surface area contributed by atoms with Crippen LogP contribution in [0.3, 0.4) is 0 Å². The van der Waals surface area contributed by atoms with E-state index in [9.17, 15) is 9.90 Å². The van der Waals surface area contributed by atoms with Gasteiger partial charge in [-0.3, -0.25) is 0 Å². The molecule has 18 heavy (non-hydrogen) atoms.